The summed E-state index contributed by atoms with van der Waals surface area (Å²) in [6, 6.07) is 7.56. The van der Waals surface area contributed by atoms with Crippen molar-refractivity contribution in [3.05, 3.63) is 45.8 Å². The first kappa shape index (κ1) is 11.9. The van der Waals surface area contributed by atoms with Gasteiger partial charge >= 0.3 is 5.63 Å². The highest BCUT2D eigenvalue weighted by molar-refractivity contribution is 5.80. The molecule has 0 radical (unpaired) electrons. The summed E-state index contributed by atoms with van der Waals surface area (Å²) >= 11 is 0. The predicted molar refractivity (Wildman–Crippen MR) is 69.2 cm³/mol. The molecule has 0 unspecified atom stereocenters. The minimum absolute atomic E-state index is 0.275. The Kier molecular flexibility index (Phi) is 3.29. The van der Waals surface area contributed by atoms with Gasteiger partial charge in [-0.1, -0.05) is 19.1 Å². The van der Waals surface area contributed by atoms with E-state index in [2.05, 4.69) is 11.8 Å². The highest BCUT2D eigenvalue weighted by atomic mass is 16.4. The van der Waals surface area contributed by atoms with E-state index >= 15 is 0 Å². The van der Waals surface area contributed by atoms with Crippen molar-refractivity contribution in [2.75, 3.05) is 13.6 Å². The van der Waals surface area contributed by atoms with E-state index in [0.29, 0.717) is 5.58 Å². The summed E-state index contributed by atoms with van der Waals surface area (Å²) in [5.74, 6) is 0. The third kappa shape index (κ3) is 2.56. The summed E-state index contributed by atoms with van der Waals surface area (Å²) in [4.78, 5) is 13.7. The second kappa shape index (κ2) is 4.72. The molecule has 2 aromatic rings. The standard InChI is InChI=1S/C14H17NO2/c1-4-15(3)9-11-8-14(16)17-13-7-10(2)5-6-12(11)13/h5-8H,4,9H2,1-3H3. The number of aryl methyl sites for hydroxylation is 1. The first-order valence-electron chi connectivity index (χ1n) is 5.82. The topological polar surface area (TPSA) is 33.5 Å². The van der Waals surface area contributed by atoms with Crippen molar-refractivity contribution in [2.45, 2.75) is 20.4 Å². The Bertz CT molecular complexity index is 586. The molecule has 0 fully saturated rings. The number of hydrogen-bond acceptors (Lipinski definition) is 3. The second-order valence-electron chi connectivity index (χ2n) is 4.42. The number of hydrogen-bond donors (Lipinski definition) is 0. The lowest BCUT2D eigenvalue weighted by Gasteiger charge is -2.14. The van der Waals surface area contributed by atoms with Crippen molar-refractivity contribution in [2.24, 2.45) is 0 Å². The van der Waals surface area contributed by atoms with Crippen molar-refractivity contribution < 1.29 is 4.42 Å². The van der Waals surface area contributed by atoms with E-state index < -0.39 is 0 Å². The molecule has 0 amide bonds. The fourth-order valence-corrected chi connectivity index (χ4v) is 1.87. The average molecular weight is 231 g/mol. The van der Waals surface area contributed by atoms with E-state index in [-0.39, 0.29) is 5.63 Å². The van der Waals surface area contributed by atoms with Gasteiger partial charge in [0, 0.05) is 18.0 Å². The molecule has 0 saturated carbocycles. The van der Waals surface area contributed by atoms with Gasteiger partial charge in [0.2, 0.25) is 0 Å². The van der Waals surface area contributed by atoms with Crippen LogP contribution in [-0.2, 0) is 6.54 Å². The predicted octanol–water partition coefficient (Wildman–Crippen LogP) is 2.55. The van der Waals surface area contributed by atoms with Crippen LogP contribution < -0.4 is 5.63 Å². The smallest absolute Gasteiger partial charge is 0.336 e. The molecule has 0 spiro atoms. The third-order valence-electron chi connectivity index (χ3n) is 2.97. The Morgan fingerprint density at radius 1 is 1.29 bits per heavy atom. The Hall–Kier alpha value is -1.61. The zero-order valence-electron chi connectivity index (χ0n) is 10.5. The van der Waals surface area contributed by atoms with Gasteiger partial charge < -0.3 is 9.32 Å². The van der Waals surface area contributed by atoms with E-state index in [9.17, 15) is 4.79 Å². The summed E-state index contributed by atoms with van der Waals surface area (Å²) in [6.45, 7) is 5.80. The molecule has 17 heavy (non-hydrogen) atoms. The summed E-state index contributed by atoms with van der Waals surface area (Å²) in [5.41, 5.74) is 2.53. The number of rotatable bonds is 3. The molecule has 0 aliphatic heterocycles. The average Bonchev–Trinajstić information content (AvgIpc) is 2.27. The fourth-order valence-electron chi connectivity index (χ4n) is 1.87. The van der Waals surface area contributed by atoms with Crippen LogP contribution in [0.4, 0.5) is 0 Å². The van der Waals surface area contributed by atoms with Gasteiger partial charge in [0.25, 0.3) is 0 Å². The van der Waals surface area contributed by atoms with Gasteiger partial charge in [0.15, 0.2) is 0 Å². The monoisotopic (exact) mass is 231 g/mol. The maximum absolute atomic E-state index is 11.5. The van der Waals surface area contributed by atoms with E-state index in [1.165, 1.54) is 0 Å². The third-order valence-corrected chi connectivity index (χ3v) is 2.97. The van der Waals surface area contributed by atoms with Gasteiger partial charge in [-0.25, -0.2) is 4.79 Å². The SMILES string of the molecule is CCN(C)Cc1cc(=O)oc2cc(C)ccc12. The molecule has 1 heterocycles. The Balaban J connectivity index is 2.57. The van der Waals surface area contributed by atoms with E-state index in [1.807, 2.05) is 32.2 Å². The largest absolute Gasteiger partial charge is 0.423 e. The molecule has 0 bridgehead atoms. The van der Waals surface area contributed by atoms with E-state index in [1.54, 1.807) is 6.07 Å². The molecule has 2 rings (SSSR count). The number of benzene rings is 1. The van der Waals surface area contributed by atoms with Crippen LogP contribution in [0, 0.1) is 6.92 Å². The first-order chi connectivity index (χ1) is 8.10. The van der Waals surface area contributed by atoms with Crippen molar-refractivity contribution in [1.29, 1.82) is 0 Å². The molecule has 1 aromatic carbocycles. The highest BCUT2D eigenvalue weighted by Crippen LogP contribution is 2.19. The van der Waals surface area contributed by atoms with Crippen LogP contribution in [0.5, 0.6) is 0 Å². The molecule has 90 valence electrons. The van der Waals surface area contributed by atoms with Crippen LogP contribution in [0.15, 0.2) is 33.5 Å². The van der Waals surface area contributed by atoms with E-state index in [4.69, 9.17) is 4.42 Å². The van der Waals surface area contributed by atoms with Gasteiger partial charge in [-0.05, 0) is 37.7 Å². The summed E-state index contributed by atoms with van der Waals surface area (Å²) in [5, 5.41) is 1.02. The fraction of sp³-hybridized carbons (Fsp3) is 0.357. The molecular formula is C14H17NO2. The minimum Gasteiger partial charge on any atom is -0.423 e. The van der Waals surface area contributed by atoms with E-state index in [0.717, 1.165) is 29.6 Å². The van der Waals surface area contributed by atoms with Crippen LogP contribution in [0.25, 0.3) is 11.0 Å². The normalized spacial score (nSPS) is 11.3. The number of fused-ring (bicyclic) bond motifs is 1. The molecule has 0 aliphatic rings. The van der Waals surface area contributed by atoms with Crippen LogP contribution in [0.3, 0.4) is 0 Å². The molecule has 0 atom stereocenters. The van der Waals surface area contributed by atoms with Gasteiger partial charge in [0.05, 0.1) is 0 Å². The maximum Gasteiger partial charge on any atom is 0.336 e. The van der Waals surface area contributed by atoms with Gasteiger partial charge in [-0.2, -0.15) is 0 Å². The van der Waals surface area contributed by atoms with Crippen LogP contribution in [-0.4, -0.2) is 18.5 Å². The lowest BCUT2D eigenvalue weighted by molar-refractivity contribution is 0.346. The number of nitrogens with zero attached hydrogens (tertiary/aromatic N) is 1. The minimum atomic E-state index is -0.275. The lowest BCUT2D eigenvalue weighted by atomic mass is 10.1. The molecular weight excluding hydrogens is 214 g/mol. The second-order valence-corrected chi connectivity index (χ2v) is 4.42. The summed E-state index contributed by atoms with van der Waals surface area (Å²) in [6.07, 6.45) is 0. The highest BCUT2D eigenvalue weighted by Gasteiger charge is 2.07. The molecule has 0 aliphatic carbocycles. The Morgan fingerprint density at radius 2 is 2.06 bits per heavy atom. The van der Waals surface area contributed by atoms with Crippen LogP contribution in [0.2, 0.25) is 0 Å². The summed E-state index contributed by atoms with van der Waals surface area (Å²) in [7, 11) is 2.04. The van der Waals surface area contributed by atoms with Gasteiger partial charge in [-0.3, -0.25) is 0 Å². The quantitative estimate of drug-likeness (QED) is 0.761. The first-order valence-corrected chi connectivity index (χ1v) is 5.82. The van der Waals surface area contributed by atoms with Gasteiger partial charge in [0.1, 0.15) is 5.58 Å². The zero-order chi connectivity index (χ0) is 12.4. The zero-order valence-corrected chi connectivity index (χ0v) is 10.5. The molecule has 0 N–H and O–H groups in total. The van der Waals surface area contributed by atoms with Gasteiger partial charge in [-0.15, -0.1) is 0 Å². The molecule has 0 saturated heterocycles. The van der Waals surface area contributed by atoms with Crippen LogP contribution >= 0.6 is 0 Å². The lowest BCUT2D eigenvalue weighted by Crippen LogP contribution is -2.18. The van der Waals surface area contributed by atoms with Crippen molar-refractivity contribution in [3.8, 4) is 0 Å². The van der Waals surface area contributed by atoms with Crippen molar-refractivity contribution >= 4 is 11.0 Å². The van der Waals surface area contributed by atoms with Crippen LogP contribution in [0.1, 0.15) is 18.1 Å². The van der Waals surface area contributed by atoms with Crippen molar-refractivity contribution in [3.63, 3.8) is 0 Å². The van der Waals surface area contributed by atoms with Crippen molar-refractivity contribution in [1.82, 2.24) is 4.90 Å². The Morgan fingerprint density at radius 3 is 2.76 bits per heavy atom. The molecule has 3 nitrogen and oxygen atoms in total. The molecule has 3 heteroatoms. The molecule has 1 aromatic heterocycles. The Labute approximate surface area is 101 Å². The maximum atomic E-state index is 11.5. The summed E-state index contributed by atoms with van der Waals surface area (Å²) < 4.78 is 5.22.